The highest BCUT2D eigenvalue weighted by Crippen LogP contribution is 2.35. The summed E-state index contributed by atoms with van der Waals surface area (Å²) in [6.07, 6.45) is 0.964. The number of benzene rings is 2. The Labute approximate surface area is 154 Å². The lowest BCUT2D eigenvalue weighted by atomic mass is 10.1. The predicted molar refractivity (Wildman–Crippen MR) is 99.4 cm³/mol. The van der Waals surface area contributed by atoms with Crippen LogP contribution in [0.2, 0.25) is 0 Å². The van der Waals surface area contributed by atoms with E-state index in [-0.39, 0.29) is 11.7 Å². The molecule has 0 atom stereocenters. The van der Waals surface area contributed by atoms with Gasteiger partial charge in [-0.15, -0.1) is 0 Å². The van der Waals surface area contributed by atoms with E-state index in [0.29, 0.717) is 37.7 Å². The van der Waals surface area contributed by atoms with E-state index < -0.39 is 10.0 Å². The molecule has 0 aromatic heterocycles. The standard InChI is InChI=1S/C19H22N2O4S/c1-2-15-5-3-4-6-17(15)20-9-11-21(12-10-20)26(22,23)16-7-8-18-19(13-16)25-14-24-18/h3-8,13H,2,9-12,14H2,1H3. The number of para-hydroxylation sites is 1. The maximum absolute atomic E-state index is 13.0. The summed E-state index contributed by atoms with van der Waals surface area (Å²) in [6.45, 7) is 4.57. The van der Waals surface area contributed by atoms with E-state index in [2.05, 4.69) is 24.0 Å². The van der Waals surface area contributed by atoms with E-state index >= 15 is 0 Å². The van der Waals surface area contributed by atoms with Gasteiger partial charge < -0.3 is 14.4 Å². The molecular weight excluding hydrogens is 352 g/mol. The van der Waals surface area contributed by atoms with Gasteiger partial charge in [-0.3, -0.25) is 0 Å². The van der Waals surface area contributed by atoms with Crippen LogP contribution in [0.3, 0.4) is 0 Å². The van der Waals surface area contributed by atoms with Crippen molar-refractivity contribution in [2.75, 3.05) is 37.9 Å². The molecule has 2 aliphatic heterocycles. The van der Waals surface area contributed by atoms with E-state index in [9.17, 15) is 8.42 Å². The molecule has 0 radical (unpaired) electrons. The number of hydrogen-bond acceptors (Lipinski definition) is 5. The average molecular weight is 374 g/mol. The van der Waals surface area contributed by atoms with Gasteiger partial charge in [0.15, 0.2) is 11.5 Å². The normalized spacial score (nSPS) is 17.5. The highest BCUT2D eigenvalue weighted by Gasteiger charge is 2.30. The summed E-state index contributed by atoms with van der Waals surface area (Å²) >= 11 is 0. The van der Waals surface area contributed by atoms with Crippen molar-refractivity contribution in [3.8, 4) is 11.5 Å². The third kappa shape index (κ3) is 3.01. The Hall–Kier alpha value is -2.25. The van der Waals surface area contributed by atoms with Crippen LogP contribution in [0.1, 0.15) is 12.5 Å². The van der Waals surface area contributed by atoms with E-state index in [1.165, 1.54) is 11.3 Å². The topological polar surface area (TPSA) is 59.1 Å². The van der Waals surface area contributed by atoms with Gasteiger partial charge in [-0.2, -0.15) is 4.31 Å². The van der Waals surface area contributed by atoms with Gasteiger partial charge in [-0.05, 0) is 30.2 Å². The first kappa shape index (κ1) is 17.2. The number of aryl methyl sites for hydroxylation is 1. The number of piperazine rings is 1. The first-order valence-electron chi connectivity index (χ1n) is 8.82. The molecule has 0 spiro atoms. The molecule has 2 aliphatic rings. The lowest BCUT2D eigenvalue weighted by Gasteiger charge is -2.36. The molecule has 2 heterocycles. The van der Waals surface area contributed by atoms with E-state index in [1.54, 1.807) is 22.5 Å². The smallest absolute Gasteiger partial charge is 0.243 e. The van der Waals surface area contributed by atoms with Crippen molar-refractivity contribution in [2.24, 2.45) is 0 Å². The highest BCUT2D eigenvalue weighted by molar-refractivity contribution is 7.89. The van der Waals surface area contributed by atoms with Crippen molar-refractivity contribution in [1.29, 1.82) is 0 Å². The molecule has 0 aliphatic carbocycles. The number of rotatable bonds is 4. The number of anilines is 1. The fourth-order valence-electron chi connectivity index (χ4n) is 3.47. The predicted octanol–water partition coefficient (Wildman–Crippen LogP) is 2.49. The van der Waals surface area contributed by atoms with Crippen LogP contribution in [-0.2, 0) is 16.4 Å². The second-order valence-electron chi connectivity index (χ2n) is 6.39. The summed E-state index contributed by atoms with van der Waals surface area (Å²) in [5.74, 6) is 1.08. The molecule has 4 rings (SSSR count). The minimum absolute atomic E-state index is 0.133. The zero-order valence-corrected chi connectivity index (χ0v) is 15.5. The van der Waals surface area contributed by atoms with Crippen LogP contribution in [-0.4, -0.2) is 45.7 Å². The van der Waals surface area contributed by atoms with E-state index in [1.807, 2.05) is 12.1 Å². The Morgan fingerprint density at radius 3 is 2.46 bits per heavy atom. The van der Waals surface area contributed by atoms with E-state index in [4.69, 9.17) is 9.47 Å². The van der Waals surface area contributed by atoms with Crippen molar-refractivity contribution in [2.45, 2.75) is 18.2 Å². The first-order valence-corrected chi connectivity index (χ1v) is 10.3. The van der Waals surface area contributed by atoms with Crippen molar-refractivity contribution >= 4 is 15.7 Å². The molecule has 7 heteroatoms. The summed E-state index contributed by atoms with van der Waals surface area (Å²) in [7, 11) is -3.53. The molecular formula is C19H22N2O4S. The Morgan fingerprint density at radius 2 is 1.69 bits per heavy atom. The largest absolute Gasteiger partial charge is 0.454 e. The number of sulfonamides is 1. The van der Waals surface area contributed by atoms with Crippen molar-refractivity contribution in [3.63, 3.8) is 0 Å². The lowest BCUT2D eigenvalue weighted by molar-refractivity contribution is 0.174. The van der Waals surface area contributed by atoms with Gasteiger partial charge in [-0.1, -0.05) is 25.1 Å². The van der Waals surface area contributed by atoms with Crippen LogP contribution in [0.5, 0.6) is 11.5 Å². The summed E-state index contributed by atoms with van der Waals surface area (Å²) in [6, 6.07) is 13.1. The summed E-state index contributed by atoms with van der Waals surface area (Å²) < 4.78 is 38.0. The fourth-order valence-corrected chi connectivity index (χ4v) is 4.91. The second kappa shape index (κ2) is 6.81. The minimum Gasteiger partial charge on any atom is -0.454 e. The number of nitrogens with zero attached hydrogens (tertiary/aromatic N) is 2. The van der Waals surface area contributed by atoms with Crippen LogP contribution in [0, 0.1) is 0 Å². The second-order valence-corrected chi connectivity index (χ2v) is 8.33. The maximum atomic E-state index is 13.0. The molecule has 0 N–H and O–H groups in total. The van der Waals surface area contributed by atoms with Gasteiger partial charge >= 0.3 is 0 Å². The lowest BCUT2D eigenvalue weighted by Crippen LogP contribution is -2.48. The van der Waals surface area contributed by atoms with Crippen LogP contribution in [0.25, 0.3) is 0 Å². The molecule has 2 aromatic carbocycles. The van der Waals surface area contributed by atoms with Gasteiger partial charge in [-0.25, -0.2) is 8.42 Å². The van der Waals surface area contributed by atoms with Gasteiger partial charge in [0.1, 0.15) is 0 Å². The quantitative estimate of drug-likeness (QED) is 0.823. The van der Waals surface area contributed by atoms with Gasteiger partial charge in [0, 0.05) is 37.9 Å². The molecule has 2 aromatic rings. The van der Waals surface area contributed by atoms with Crippen LogP contribution >= 0.6 is 0 Å². The Balaban J connectivity index is 1.50. The highest BCUT2D eigenvalue weighted by atomic mass is 32.2. The number of fused-ring (bicyclic) bond motifs is 1. The number of ether oxygens (including phenoxy) is 2. The van der Waals surface area contributed by atoms with Crippen molar-refractivity contribution in [1.82, 2.24) is 4.31 Å². The molecule has 0 saturated carbocycles. The molecule has 138 valence electrons. The zero-order chi connectivity index (χ0) is 18.1. The summed E-state index contributed by atoms with van der Waals surface area (Å²) in [4.78, 5) is 2.52. The zero-order valence-electron chi connectivity index (χ0n) is 14.7. The fraction of sp³-hybridized carbons (Fsp3) is 0.368. The van der Waals surface area contributed by atoms with Crippen LogP contribution in [0.4, 0.5) is 5.69 Å². The van der Waals surface area contributed by atoms with Crippen LogP contribution < -0.4 is 14.4 Å². The van der Waals surface area contributed by atoms with Crippen molar-refractivity contribution < 1.29 is 17.9 Å². The maximum Gasteiger partial charge on any atom is 0.243 e. The molecule has 0 amide bonds. The third-order valence-corrected chi connectivity index (χ3v) is 6.83. The Kier molecular flexibility index (Phi) is 4.50. The summed E-state index contributed by atoms with van der Waals surface area (Å²) in [5, 5.41) is 0. The third-order valence-electron chi connectivity index (χ3n) is 4.93. The number of hydrogen-bond donors (Lipinski definition) is 0. The van der Waals surface area contributed by atoms with Gasteiger partial charge in [0.2, 0.25) is 16.8 Å². The molecule has 6 nitrogen and oxygen atoms in total. The molecule has 26 heavy (non-hydrogen) atoms. The first-order chi connectivity index (χ1) is 12.6. The molecule has 1 saturated heterocycles. The van der Waals surface area contributed by atoms with Gasteiger partial charge in [0.05, 0.1) is 4.90 Å². The molecule has 0 bridgehead atoms. The molecule has 1 fully saturated rings. The average Bonchev–Trinajstić information content (AvgIpc) is 3.16. The van der Waals surface area contributed by atoms with Crippen LogP contribution in [0.15, 0.2) is 47.4 Å². The molecule has 0 unspecified atom stereocenters. The van der Waals surface area contributed by atoms with Crippen molar-refractivity contribution in [3.05, 3.63) is 48.0 Å². The van der Waals surface area contributed by atoms with Gasteiger partial charge in [0.25, 0.3) is 0 Å². The Morgan fingerprint density at radius 1 is 0.962 bits per heavy atom. The SMILES string of the molecule is CCc1ccccc1N1CCN(S(=O)(=O)c2ccc3c(c2)OCO3)CC1. The monoisotopic (exact) mass is 374 g/mol. The Bertz CT molecular complexity index is 906. The minimum atomic E-state index is -3.53. The summed E-state index contributed by atoms with van der Waals surface area (Å²) in [5.41, 5.74) is 2.50. The van der Waals surface area contributed by atoms with E-state index in [0.717, 1.165) is 6.42 Å².